The summed E-state index contributed by atoms with van der Waals surface area (Å²) in [6.07, 6.45) is 0. The van der Waals surface area contributed by atoms with Gasteiger partial charge in [0.25, 0.3) is 0 Å². The molecule has 1 aliphatic rings. The zero-order valence-corrected chi connectivity index (χ0v) is 12.1. The molecule has 0 fully saturated rings. The van der Waals surface area contributed by atoms with Crippen LogP contribution in [-0.2, 0) is 5.75 Å². The molecule has 0 aromatic heterocycles. The van der Waals surface area contributed by atoms with Gasteiger partial charge in [0, 0.05) is 11.8 Å². The third-order valence-corrected chi connectivity index (χ3v) is 4.97. The second-order valence-corrected chi connectivity index (χ2v) is 6.40. The van der Waals surface area contributed by atoms with Gasteiger partial charge in [-0.2, -0.15) is 11.8 Å². The molecule has 1 heterocycles. The van der Waals surface area contributed by atoms with Crippen molar-refractivity contribution >= 4 is 11.8 Å². The molecule has 1 aromatic carbocycles. The molecular weight excluding hydrogens is 226 g/mol. The Kier molecular flexibility index (Phi) is 4.16. The quantitative estimate of drug-likeness (QED) is 0.851. The van der Waals surface area contributed by atoms with Gasteiger partial charge >= 0.3 is 0 Å². The van der Waals surface area contributed by atoms with Crippen molar-refractivity contribution in [2.24, 2.45) is 5.92 Å². The van der Waals surface area contributed by atoms with Gasteiger partial charge in [0.15, 0.2) is 0 Å². The number of hydrogen-bond donors (Lipinski definition) is 1. The van der Waals surface area contributed by atoms with Crippen LogP contribution in [0.3, 0.4) is 0 Å². The minimum absolute atomic E-state index is 0.513. The molecule has 2 rings (SSSR count). The van der Waals surface area contributed by atoms with E-state index in [4.69, 9.17) is 0 Å². The normalized spacial score (nSPS) is 24.5. The van der Waals surface area contributed by atoms with E-state index in [1.807, 2.05) is 0 Å². The molecule has 94 valence electrons. The Hall–Kier alpha value is -0.470. The Labute approximate surface area is 109 Å². The van der Waals surface area contributed by atoms with Crippen molar-refractivity contribution < 1.29 is 0 Å². The molecule has 1 N–H and O–H groups in total. The first-order valence-electron chi connectivity index (χ1n) is 6.51. The number of rotatable bonds is 2. The van der Waals surface area contributed by atoms with E-state index in [9.17, 15) is 0 Å². The summed E-state index contributed by atoms with van der Waals surface area (Å²) < 4.78 is 0. The Morgan fingerprint density at radius 3 is 2.76 bits per heavy atom. The predicted molar refractivity (Wildman–Crippen MR) is 77.7 cm³/mol. The third kappa shape index (κ3) is 2.69. The first-order valence-corrected chi connectivity index (χ1v) is 7.66. The van der Waals surface area contributed by atoms with Crippen LogP contribution in [0.25, 0.3) is 0 Å². The Balaban J connectivity index is 2.44. The molecule has 2 unspecified atom stereocenters. The van der Waals surface area contributed by atoms with Crippen LogP contribution in [0.15, 0.2) is 18.2 Å². The molecule has 0 saturated carbocycles. The molecular formula is C15H23NS. The third-order valence-electron chi connectivity index (χ3n) is 3.69. The monoisotopic (exact) mass is 249 g/mol. The first-order chi connectivity index (χ1) is 8.13. The Morgan fingerprint density at radius 1 is 1.35 bits per heavy atom. The maximum absolute atomic E-state index is 3.50. The molecule has 1 aliphatic heterocycles. The van der Waals surface area contributed by atoms with Crippen molar-refractivity contribution in [3.05, 3.63) is 34.9 Å². The zero-order chi connectivity index (χ0) is 12.4. The topological polar surface area (TPSA) is 12.0 Å². The van der Waals surface area contributed by atoms with E-state index in [2.05, 4.69) is 63.1 Å². The summed E-state index contributed by atoms with van der Waals surface area (Å²) in [6, 6.07) is 7.56. The number of benzene rings is 1. The van der Waals surface area contributed by atoms with Gasteiger partial charge in [-0.3, -0.25) is 0 Å². The van der Waals surface area contributed by atoms with Gasteiger partial charge in [0.05, 0.1) is 0 Å². The van der Waals surface area contributed by atoms with Crippen molar-refractivity contribution in [2.75, 3.05) is 12.8 Å². The second-order valence-electron chi connectivity index (χ2n) is 5.37. The highest BCUT2D eigenvalue weighted by atomic mass is 32.2. The van der Waals surface area contributed by atoms with E-state index in [-0.39, 0.29) is 0 Å². The van der Waals surface area contributed by atoms with Gasteiger partial charge in [-0.25, -0.2) is 0 Å². The van der Waals surface area contributed by atoms with Gasteiger partial charge in [-0.15, -0.1) is 0 Å². The van der Waals surface area contributed by atoms with Gasteiger partial charge in [0.2, 0.25) is 0 Å². The van der Waals surface area contributed by atoms with Crippen LogP contribution in [0.4, 0.5) is 0 Å². The van der Waals surface area contributed by atoms with Crippen molar-refractivity contribution in [2.45, 2.75) is 38.5 Å². The fourth-order valence-electron chi connectivity index (χ4n) is 2.59. The number of thioether (sulfide) groups is 1. The summed E-state index contributed by atoms with van der Waals surface area (Å²) in [6.45, 7) is 6.89. The van der Waals surface area contributed by atoms with E-state index in [0.717, 1.165) is 5.75 Å². The smallest absolute Gasteiger partial charge is 0.0354 e. The summed E-state index contributed by atoms with van der Waals surface area (Å²) in [5.41, 5.74) is 4.50. The number of hydrogen-bond acceptors (Lipinski definition) is 2. The summed E-state index contributed by atoms with van der Waals surface area (Å²) in [4.78, 5) is 0. The van der Waals surface area contributed by atoms with Crippen LogP contribution in [0.5, 0.6) is 0 Å². The van der Waals surface area contributed by atoms with Crippen LogP contribution < -0.4 is 5.32 Å². The molecule has 0 spiro atoms. The average Bonchev–Trinajstić information content (AvgIpc) is 2.46. The van der Waals surface area contributed by atoms with Crippen LogP contribution >= 0.6 is 11.8 Å². The fraction of sp³-hybridized carbons (Fsp3) is 0.600. The summed E-state index contributed by atoms with van der Waals surface area (Å²) in [5.74, 6) is 3.73. The van der Waals surface area contributed by atoms with Crippen molar-refractivity contribution in [1.82, 2.24) is 5.32 Å². The highest BCUT2D eigenvalue weighted by Gasteiger charge is 2.24. The molecule has 0 saturated heterocycles. The van der Waals surface area contributed by atoms with Crippen molar-refractivity contribution in [3.63, 3.8) is 0 Å². The Morgan fingerprint density at radius 2 is 2.12 bits per heavy atom. The largest absolute Gasteiger partial charge is 0.313 e. The zero-order valence-electron chi connectivity index (χ0n) is 11.3. The predicted octanol–water partition coefficient (Wildman–Crippen LogP) is 3.95. The van der Waals surface area contributed by atoms with Gasteiger partial charge < -0.3 is 5.32 Å². The van der Waals surface area contributed by atoms with E-state index >= 15 is 0 Å². The lowest BCUT2D eigenvalue weighted by atomic mass is 9.89. The maximum atomic E-state index is 3.50. The van der Waals surface area contributed by atoms with Crippen LogP contribution in [0, 0.1) is 5.92 Å². The van der Waals surface area contributed by atoms with Gasteiger partial charge in [0.1, 0.15) is 0 Å². The lowest BCUT2D eigenvalue weighted by molar-refractivity contribution is 0.450. The van der Waals surface area contributed by atoms with E-state index in [0.29, 0.717) is 17.9 Å². The lowest BCUT2D eigenvalue weighted by Gasteiger charge is -2.23. The summed E-state index contributed by atoms with van der Waals surface area (Å²) >= 11 is 2.06. The molecule has 0 amide bonds. The average molecular weight is 249 g/mol. The summed E-state index contributed by atoms with van der Waals surface area (Å²) in [7, 11) is 2.09. The molecule has 1 nitrogen and oxygen atoms in total. The van der Waals surface area contributed by atoms with Crippen molar-refractivity contribution in [1.29, 1.82) is 0 Å². The molecule has 2 atom stereocenters. The maximum Gasteiger partial charge on any atom is 0.0354 e. The molecule has 2 heteroatoms. The molecule has 0 bridgehead atoms. The van der Waals surface area contributed by atoms with Crippen LogP contribution in [-0.4, -0.2) is 12.8 Å². The molecule has 0 aliphatic carbocycles. The van der Waals surface area contributed by atoms with E-state index in [1.54, 1.807) is 0 Å². The number of nitrogens with one attached hydrogen (secondary N) is 1. The molecule has 0 radical (unpaired) electrons. The minimum atomic E-state index is 0.513. The van der Waals surface area contributed by atoms with Gasteiger partial charge in [-0.05, 0) is 41.3 Å². The van der Waals surface area contributed by atoms with E-state index < -0.39 is 0 Å². The standard InChI is InChI=1S/C15H23NS/c1-10(2)12-5-6-13-9-17-8-11(3)15(16-4)14(13)7-12/h5-7,10-11,15-16H,8-9H2,1-4H3. The second kappa shape index (κ2) is 5.45. The van der Waals surface area contributed by atoms with Crippen LogP contribution in [0.1, 0.15) is 49.4 Å². The fourth-order valence-corrected chi connectivity index (χ4v) is 3.76. The van der Waals surface area contributed by atoms with Crippen molar-refractivity contribution in [3.8, 4) is 0 Å². The first kappa shape index (κ1) is 13.0. The highest BCUT2D eigenvalue weighted by Crippen LogP contribution is 2.35. The summed E-state index contributed by atoms with van der Waals surface area (Å²) in [5, 5.41) is 3.50. The van der Waals surface area contributed by atoms with E-state index in [1.165, 1.54) is 22.4 Å². The molecule has 17 heavy (non-hydrogen) atoms. The van der Waals surface area contributed by atoms with Crippen LogP contribution in [0.2, 0.25) is 0 Å². The molecule has 1 aromatic rings. The Bertz CT molecular complexity index is 387. The highest BCUT2D eigenvalue weighted by molar-refractivity contribution is 7.98. The minimum Gasteiger partial charge on any atom is -0.313 e. The SMILES string of the molecule is CNC1c2cc(C(C)C)ccc2CSCC1C. The number of fused-ring (bicyclic) bond motifs is 1. The van der Waals surface area contributed by atoms with Gasteiger partial charge in [-0.1, -0.05) is 39.0 Å². The lowest BCUT2D eigenvalue weighted by Crippen LogP contribution is -2.24.